The van der Waals surface area contributed by atoms with Crippen LogP contribution in [0.3, 0.4) is 0 Å². The van der Waals surface area contributed by atoms with Gasteiger partial charge in [0.15, 0.2) is 0 Å². The Bertz CT molecular complexity index is 456. The molecule has 0 aliphatic carbocycles. The first-order valence-corrected chi connectivity index (χ1v) is 8.54. The third kappa shape index (κ3) is 3.69. The highest BCUT2D eigenvalue weighted by Gasteiger charge is 2.26. The zero-order valence-electron chi connectivity index (χ0n) is 15.6. The zero-order chi connectivity index (χ0) is 16.3. The van der Waals surface area contributed by atoms with E-state index in [9.17, 15) is 0 Å². The Morgan fingerprint density at radius 3 is 1.57 bits per heavy atom. The number of hydrogen-bond acceptors (Lipinski definition) is 1. The fourth-order valence-electron chi connectivity index (χ4n) is 3.23. The summed E-state index contributed by atoms with van der Waals surface area (Å²) in [5, 5.41) is 3.82. The molecule has 1 N–H and O–H groups in total. The lowest BCUT2D eigenvalue weighted by atomic mass is 9.79. The van der Waals surface area contributed by atoms with Crippen molar-refractivity contribution in [2.45, 2.75) is 74.8 Å². The molecule has 0 aromatic heterocycles. The first-order valence-electron chi connectivity index (χ1n) is 8.54. The average Bonchev–Trinajstić information content (AvgIpc) is 2.45. The minimum atomic E-state index is 0.461. The fourth-order valence-corrected chi connectivity index (χ4v) is 3.23. The van der Waals surface area contributed by atoms with Crippen LogP contribution in [0.4, 0.5) is 0 Å². The predicted molar refractivity (Wildman–Crippen MR) is 95.2 cm³/mol. The Morgan fingerprint density at radius 2 is 1.19 bits per heavy atom. The molecule has 0 bridgehead atoms. The van der Waals surface area contributed by atoms with E-state index in [0.717, 1.165) is 6.54 Å². The van der Waals surface area contributed by atoms with Crippen LogP contribution in [0.15, 0.2) is 0 Å². The van der Waals surface area contributed by atoms with E-state index < -0.39 is 0 Å². The van der Waals surface area contributed by atoms with Crippen LogP contribution in [0.1, 0.15) is 73.5 Å². The summed E-state index contributed by atoms with van der Waals surface area (Å²) in [6.45, 7) is 21.8. The summed E-state index contributed by atoms with van der Waals surface area (Å²) < 4.78 is 0. The van der Waals surface area contributed by atoms with E-state index in [-0.39, 0.29) is 0 Å². The van der Waals surface area contributed by atoms with Crippen LogP contribution in [0, 0.1) is 46.5 Å². The van der Waals surface area contributed by atoms with Gasteiger partial charge in [0, 0.05) is 6.04 Å². The lowest BCUT2D eigenvalue weighted by Gasteiger charge is -2.33. The van der Waals surface area contributed by atoms with Gasteiger partial charge in [0.25, 0.3) is 0 Å². The quantitative estimate of drug-likeness (QED) is 0.722. The maximum Gasteiger partial charge on any atom is 0.0353 e. The number of nitrogens with one attached hydrogen (secondary N) is 1. The van der Waals surface area contributed by atoms with Crippen LogP contribution >= 0.6 is 0 Å². The topological polar surface area (TPSA) is 12.0 Å². The Morgan fingerprint density at radius 1 is 0.762 bits per heavy atom. The molecule has 0 spiro atoms. The SMILES string of the molecule is CCCNC(c1c(C)c(C)c(C)c(C)c1C)C(C)C(C)C. The third-order valence-electron chi connectivity index (χ3n) is 5.56. The molecule has 1 aromatic rings. The average molecular weight is 290 g/mol. The summed E-state index contributed by atoms with van der Waals surface area (Å²) in [4.78, 5) is 0. The summed E-state index contributed by atoms with van der Waals surface area (Å²) in [7, 11) is 0. The van der Waals surface area contributed by atoms with Crippen molar-refractivity contribution in [3.63, 3.8) is 0 Å². The van der Waals surface area contributed by atoms with E-state index in [4.69, 9.17) is 0 Å². The Balaban J connectivity index is 3.43. The highest BCUT2D eigenvalue weighted by atomic mass is 14.9. The molecule has 1 nitrogen and oxygen atoms in total. The van der Waals surface area contributed by atoms with E-state index in [2.05, 4.69) is 67.6 Å². The van der Waals surface area contributed by atoms with Gasteiger partial charge in [0.2, 0.25) is 0 Å². The van der Waals surface area contributed by atoms with Gasteiger partial charge in [-0.2, -0.15) is 0 Å². The summed E-state index contributed by atoms with van der Waals surface area (Å²) in [6.07, 6.45) is 1.18. The van der Waals surface area contributed by atoms with Gasteiger partial charge in [-0.25, -0.2) is 0 Å². The van der Waals surface area contributed by atoms with Crippen LogP contribution in [0.25, 0.3) is 0 Å². The van der Waals surface area contributed by atoms with Gasteiger partial charge in [0.05, 0.1) is 0 Å². The van der Waals surface area contributed by atoms with Gasteiger partial charge in [-0.15, -0.1) is 0 Å². The summed E-state index contributed by atoms with van der Waals surface area (Å²) >= 11 is 0. The summed E-state index contributed by atoms with van der Waals surface area (Å²) in [5.74, 6) is 1.32. The molecule has 2 unspecified atom stereocenters. The van der Waals surface area contributed by atoms with Crippen molar-refractivity contribution in [3.8, 4) is 0 Å². The molecule has 0 aliphatic rings. The minimum absolute atomic E-state index is 0.461. The third-order valence-corrected chi connectivity index (χ3v) is 5.56. The van der Waals surface area contributed by atoms with Crippen LogP contribution in [0.2, 0.25) is 0 Å². The van der Waals surface area contributed by atoms with Gasteiger partial charge in [-0.1, -0.05) is 27.7 Å². The van der Waals surface area contributed by atoms with Gasteiger partial charge in [-0.05, 0) is 92.8 Å². The van der Waals surface area contributed by atoms with E-state index in [1.54, 1.807) is 5.56 Å². The van der Waals surface area contributed by atoms with Crippen molar-refractivity contribution in [1.29, 1.82) is 0 Å². The number of benzene rings is 1. The van der Waals surface area contributed by atoms with Gasteiger partial charge < -0.3 is 5.32 Å². The van der Waals surface area contributed by atoms with Crippen molar-refractivity contribution in [2.24, 2.45) is 11.8 Å². The van der Waals surface area contributed by atoms with Crippen molar-refractivity contribution in [1.82, 2.24) is 5.32 Å². The molecule has 1 aromatic carbocycles. The summed E-state index contributed by atoms with van der Waals surface area (Å²) in [6, 6.07) is 0.461. The molecule has 1 rings (SSSR count). The molecular formula is C20H35N. The van der Waals surface area contributed by atoms with Crippen molar-refractivity contribution in [2.75, 3.05) is 6.54 Å². The van der Waals surface area contributed by atoms with Crippen molar-refractivity contribution >= 4 is 0 Å². The van der Waals surface area contributed by atoms with Crippen LogP contribution in [0.5, 0.6) is 0 Å². The van der Waals surface area contributed by atoms with Crippen molar-refractivity contribution in [3.05, 3.63) is 33.4 Å². The first-order chi connectivity index (χ1) is 9.73. The normalized spacial score (nSPS) is 14.6. The van der Waals surface area contributed by atoms with E-state index in [1.165, 1.54) is 34.2 Å². The van der Waals surface area contributed by atoms with E-state index in [1.807, 2.05) is 0 Å². The molecule has 0 radical (unpaired) electrons. The van der Waals surface area contributed by atoms with Crippen LogP contribution in [-0.2, 0) is 0 Å². The first kappa shape index (κ1) is 18.2. The molecule has 2 atom stereocenters. The minimum Gasteiger partial charge on any atom is -0.310 e. The Kier molecular flexibility index (Phi) is 6.46. The van der Waals surface area contributed by atoms with Gasteiger partial charge >= 0.3 is 0 Å². The second-order valence-corrected chi connectivity index (χ2v) is 7.07. The molecule has 0 fully saturated rings. The smallest absolute Gasteiger partial charge is 0.0353 e. The molecule has 0 saturated carbocycles. The van der Waals surface area contributed by atoms with Crippen LogP contribution < -0.4 is 5.32 Å². The van der Waals surface area contributed by atoms with Gasteiger partial charge in [0.1, 0.15) is 0 Å². The molecule has 0 amide bonds. The second-order valence-electron chi connectivity index (χ2n) is 7.07. The largest absolute Gasteiger partial charge is 0.310 e. The molecule has 120 valence electrons. The standard InChI is InChI=1S/C20H35N/c1-10-11-21-20(13(4)12(2)3)19-17(8)15(6)14(5)16(7)18(19)9/h12-13,20-21H,10-11H2,1-9H3. The van der Waals surface area contributed by atoms with Crippen LogP contribution in [-0.4, -0.2) is 6.54 Å². The highest BCUT2D eigenvalue weighted by Crippen LogP contribution is 2.36. The van der Waals surface area contributed by atoms with Gasteiger partial charge in [-0.3, -0.25) is 0 Å². The second kappa shape index (κ2) is 7.45. The fraction of sp³-hybridized carbons (Fsp3) is 0.700. The monoisotopic (exact) mass is 289 g/mol. The molecule has 0 saturated heterocycles. The van der Waals surface area contributed by atoms with E-state index >= 15 is 0 Å². The molecule has 1 heteroatoms. The van der Waals surface area contributed by atoms with E-state index in [0.29, 0.717) is 17.9 Å². The molecular weight excluding hydrogens is 254 g/mol. The maximum absolute atomic E-state index is 3.82. The Labute approximate surface area is 132 Å². The molecule has 0 aliphatic heterocycles. The molecule has 21 heavy (non-hydrogen) atoms. The summed E-state index contributed by atoms with van der Waals surface area (Å²) in [5.41, 5.74) is 8.90. The Hall–Kier alpha value is -0.820. The number of hydrogen-bond donors (Lipinski definition) is 1. The lowest BCUT2D eigenvalue weighted by molar-refractivity contribution is 0.302. The predicted octanol–water partition coefficient (Wildman–Crippen LogP) is 5.56. The molecule has 0 heterocycles. The van der Waals surface area contributed by atoms with Crippen molar-refractivity contribution < 1.29 is 0 Å². The maximum atomic E-state index is 3.82. The number of rotatable bonds is 6. The zero-order valence-corrected chi connectivity index (χ0v) is 15.6. The lowest BCUT2D eigenvalue weighted by Crippen LogP contribution is -2.32. The highest BCUT2D eigenvalue weighted by molar-refractivity contribution is 5.50.